The quantitative estimate of drug-likeness (QED) is 0.885. The van der Waals surface area contributed by atoms with Gasteiger partial charge in [-0.3, -0.25) is 4.68 Å². The molecule has 0 saturated carbocycles. The minimum Gasteiger partial charge on any atom is -0.354 e. The smallest absolute Gasteiger partial charge is 0.224 e. The topological polar surface area (TPSA) is 67.7 Å². The molecule has 2 N–H and O–H groups in total. The summed E-state index contributed by atoms with van der Waals surface area (Å²) >= 11 is 3.44. The Hall–Kier alpha value is -1.63. The highest BCUT2D eigenvalue weighted by Crippen LogP contribution is 2.25. The molecule has 0 saturated heterocycles. The lowest BCUT2D eigenvalue weighted by Crippen LogP contribution is -2.06. The van der Waals surface area contributed by atoms with Crippen LogP contribution in [0.4, 0.5) is 17.5 Å². The van der Waals surface area contributed by atoms with Crippen LogP contribution >= 0.6 is 15.9 Å². The van der Waals surface area contributed by atoms with Crippen molar-refractivity contribution in [2.45, 2.75) is 20.3 Å². The monoisotopic (exact) mass is 324 g/mol. The Bertz CT molecular complexity index is 565. The summed E-state index contributed by atoms with van der Waals surface area (Å²) in [5.74, 6) is 1.35. The van der Waals surface area contributed by atoms with Crippen LogP contribution in [0.3, 0.4) is 0 Å². The van der Waals surface area contributed by atoms with Gasteiger partial charge in [0.2, 0.25) is 5.95 Å². The van der Waals surface area contributed by atoms with Gasteiger partial charge in [0.15, 0.2) is 0 Å². The highest BCUT2D eigenvalue weighted by Gasteiger charge is 2.08. The first-order valence-electron chi connectivity index (χ1n) is 6.14. The maximum atomic E-state index is 4.44. The van der Waals surface area contributed by atoms with Crippen LogP contribution in [-0.2, 0) is 7.05 Å². The van der Waals surface area contributed by atoms with Crippen LogP contribution in [0.15, 0.2) is 16.9 Å². The van der Waals surface area contributed by atoms with Gasteiger partial charge in [-0.1, -0.05) is 6.92 Å². The normalized spacial score (nSPS) is 10.5. The average molecular weight is 325 g/mol. The van der Waals surface area contributed by atoms with E-state index in [1.165, 1.54) is 0 Å². The summed E-state index contributed by atoms with van der Waals surface area (Å²) in [4.78, 5) is 8.65. The molecule has 2 aromatic heterocycles. The van der Waals surface area contributed by atoms with Gasteiger partial charge in [-0.05, 0) is 29.3 Å². The Morgan fingerprint density at radius 3 is 2.84 bits per heavy atom. The molecule has 0 spiro atoms. The fraction of sp³-hybridized carbons (Fsp3) is 0.417. The van der Waals surface area contributed by atoms with E-state index in [2.05, 4.69) is 48.6 Å². The second-order valence-corrected chi connectivity index (χ2v) is 5.10. The summed E-state index contributed by atoms with van der Waals surface area (Å²) in [5, 5.41) is 10.7. The maximum absolute atomic E-state index is 4.44. The fourth-order valence-electron chi connectivity index (χ4n) is 1.63. The first-order valence-corrected chi connectivity index (χ1v) is 6.93. The van der Waals surface area contributed by atoms with Crippen LogP contribution in [-0.4, -0.2) is 26.3 Å². The number of rotatable bonds is 5. The largest absolute Gasteiger partial charge is 0.354 e. The second-order valence-electron chi connectivity index (χ2n) is 4.24. The van der Waals surface area contributed by atoms with Crippen LogP contribution in [0.5, 0.6) is 0 Å². The van der Waals surface area contributed by atoms with Gasteiger partial charge in [0, 0.05) is 26.0 Å². The molecule has 0 aliphatic heterocycles. The summed E-state index contributed by atoms with van der Waals surface area (Å²) in [7, 11) is 1.89. The van der Waals surface area contributed by atoms with Crippen LogP contribution in [0.1, 0.15) is 19.0 Å². The van der Waals surface area contributed by atoms with E-state index in [4.69, 9.17) is 0 Å². The zero-order valence-electron chi connectivity index (χ0n) is 11.2. The van der Waals surface area contributed by atoms with Crippen molar-refractivity contribution in [2.24, 2.45) is 7.05 Å². The highest BCUT2D eigenvalue weighted by molar-refractivity contribution is 9.10. The summed E-state index contributed by atoms with van der Waals surface area (Å²) in [6, 6.07) is 0. The number of hydrogen-bond acceptors (Lipinski definition) is 5. The lowest BCUT2D eigenvalue weighted by molar-refractivity contribution is 0.756. The molecule has 2 heterocycles. The van der Waals surface area contributed by atoms with Gasteiger partial charge in [0.25, 0.3) is 0 Å². The number of hydrogen-bond donors (Lipinski definition) is 2. The highest BCUT2D eigenvalue weighted by atomic mass is 79.9. The van der Waals surface area contributed by atoms with Gasteiger partial charge < -0.3 is 10.6 Å². The van der Waals surface area contributed by atoms with Crippen molar-refractivity contribution in [1.29, 1.82) is 0 Å². The second kappa shape index (κ2) is 6.01. The molecular formula is C12H17BrN6. The standard InChI is InChI=1S/C12H17BrN6/c1-4-5-14-12-15-6-9(13)11(17-12)16-10-7-19(3)18-8(10)2/h6-7H,4-5H2,1-3H3,(H2,14,15,16,17). The van der Waals surface area contributed by atoms with E-state index in [1.807, 2.05) is 20.2 Å². The Kier molecular flexibility index (Phi) is 4.36. The third kappa shape index (κ3) is 3.44. The molecule has 0 bridgehead atoms. The van der Waals surface area contributed by atoms with Crippen molar-refractivity contribution in [3.05, 3.63) is 22.6 Å². The zero-order chi connectivity index (χ0) is 13.8. The molecule has 19 heavy (non-hydrogen) atoms. The van der Waals surface area contributed by atoms with Crippen LogP contribution in [0.25, 0.3) is 0 Å². The van der Waals surface area contributed by atoms with Crippen molar-refractivity contribution in [3.63, 3.8) is 0 Å². The average Bonchev–Trinajstić information content (AvgIpc) is 2.69. The van der Waals surface area contributed by atoms with Crippen molar-refractivity contribution in [3.8, 4) is 0 Å². The summed E-state index contributed by atoms with van der Waals surface area (Å²) < 4.78 is 2.58. The SMILES string of the molecule is CCCNc1ncc(Br)c(Nc2cn(C)nc2C)n1. The molecule has 0 unspecified atom stereocenters. The van der Waals surface area contributed by atoms with Gasteiger partial charge in [-0.15, -0.1) is 0 Å². The predicted molar refractivity (Wildman–Crippen MR) is 79.7 cm³/mol. The number of nitrogens with zero attached hydrogens (tertiary/aromatic N) is 4. The fourth-order valence-corrected chi connectivity index (χ4v) is 1.92. The summed E-state index contributed by atoms with van der Waals surface area (Å²) in [6.45, 7) is 4.91. The Morgan fingerprint density at radius 2 is 2.21 bits per heavy atom. The molecule has 0 aliphatic carbocycles. The molecule has 0 aromatic carbocycles. The molecule has 0 radical (unpaired) electrons. The molecule has 0 atom stereocenters. The van der Waals surface area contributed by atoms with Crippen molar-refractivity contribution in [2.75, 3.05) is 17.2 Å². The first-order chi connectivity index (χ1) is 9.10. The molecule has 2 rings (SSSR count). The molecule has 102 valence electrons. The Labute approximate surface area is 120 Å². The number of halogens is 1. The Morgan fingerprint density at radius 1 is 1.42 bits per heavy atom. The lowest BCUT2D eigenvalue weighted by Gasteiger charge is -2.09. The number of aryl methyl sites for hydroxylation is 2. The third-order valence-electron chi connectivity index (χ3n) is 2.54. The minimum absolute atomic E-state index is 0.620. The van der Waals surface area contributed by atoms with E-state index in [0.29, 0.717) is 5.95 Å². The minimum atomic E-state index is 0.620. The summed E-state index contributed by atoms with van der Waals surface area (Å²) in [6.07, 6.45) is 4.69. The van der Waals surface area contributed by atoms with Gasteiger partial charge in [-0.25, -0.2) is 4.98 Å². The van der Waals surface area contributed by atoms with Crippen LogP contribution in [0.2, 0.25) is 0 Å². The van der Waals surface area contributed by atoms with E-state index >= 15 is 0 Å². The number of aromatic nitrogens is 4. The van der Waals surface area contributed by atoms with Crippen molar-refractivity contribution < 1.29 is 0 Å². The Balaban J connectivity index is 2.21. The predicted octanol–water partition coefficient (Wildman–Crippen LogP) is 2.85. The van der Waals surface area contributed by atoms with Gasteiger partial charge in [0.05, 0.1) is 15.9 Å². The van der Waals surface area contributed by atoms with Crippen LogP contribution < -0.4 is 10.6 Å². The van der Waals surface area contributed by atoms with Crippen molar-refractivity contribution >= 4 is 33.4 Å². The van der Waals surface area contributed by atoms with E-state index in [1.54, 1.807) is 10.9 Å². The number of nitrogens with one attached hydrogen (secondary N) is 2. The first kappa shape index (κ1) is 13.8. The molecule has 0 amide bonds. The van der Waals surface area contributed by atoms with Gasteiger partial charge in [-0.2, -0.15) is 10.1 Å². The van der Waals surface area contributed by atoms with E-state index < -0.39 is 0 Å². The molecular weight excluding hydrogens is 308 g/mol. The van der Waals surface area contributed by atoms with Crippen molar-refractivity contribution in [1.82, 2.24) is 19.7 Å². The lowest BCUT2D eigenvalue weighted by atomic mass is 10.4. The summed E-state index contributed by atoms with van der Waals surface area (Å²) in [5.41, 5.74) is 1.86. The molecule has 7 heteroatoms. The van der Waals surface area contributed by atoms with Crippen LogP contribution in [0, 0.1) is 6.92 Å². The van der Waals surface area contributed by atoms with E-state index in [0.717, 1.165) is 34.6 Å². The van der Waals surface area contributed by atoms with E-state index in [-0.39, 0.29) is 0 Å². The van der Waals surface area contributed by atoms with E-state index in [9.17, 15) is 0 Å². The molecule has 0 aliphatic rings. The maximum Gasteiger partial charge on any atom is 0.224 e. The molecule has 6 nitrogen and oxygen atoms in total. The third-order valence-corrected chi connectivity index (χ3v) is 3.12. The molecule has 0 fully saturated rings. The van der Waals surface area contributed by atoms with Gasteiger partial charge >= 0.3 is 0 Å². The molecule has 2 aromatic rings. The number of anilines is 3. The van der Waals surface area contributed by atoms with Gasteiger partial charge in [0.1, 0.15) is 5.82 Å². The zero-order valence-corrected chi connectivity index (χ0v) is 12.8.